The van der Waals surface area contributed by atoms with E-state index in [0.29, 0.717) is 12.3 Å². The maximum absolute atomic E-state index is 11.7. The summed E-state index contributed by atoms with van der Waals surface area (Å²) in [6.07, 6.45) is 3.87. The minimum absolute atomic E-state index is 0.00470. The molecular formula is C15H20N4O2. The van der Waals surface area contributed by atoms with E-state index in [9.17, 15) is 4.79 Å². The largest absolute Gasteiger partial charge is 0.493 e. The van der Waals surface area contributed by atoms with Crippen LogP contribution < -0.4 is 10.1 Å². The maximum atomic E-state index is 11.7. The van der Waals surface area contributed by atoms with Crippen molar-refractivity contribution in [3.63, 3.8) is 0 Å². The molecule has 0 aliphatic heterocycles. The van der Waals surface area contributed by atoms with E-state index in [1.807, 2.05) is 32.2 Å². The second-order valence-corrected chi connectivity index (χ2v) is 5.93. The van der Waals surface area contributed by atoms with Gasteiger partial charge in [0.25, 0.3) is 0 Å². The van der Waals surface area contributed by atoms with Crippen molar-refractivity contribution >= 4 is 11.6 Å². The highest BCUT2D eigenvalue weighted by Gasteiger charge is 2.48. The van der Waals surface area contributed by atoms with Gasteiger partial charge in [-0.05, 0) is 25.0 Å². The SMILES string of the molecule is COc1cccn2nc(C3(CNC(=O)C(C)C)CC3)nc12. The Labute approximate surface area is 123 Å². The number of nitrogens with zero attached hydrogens (tertiary/aromatic N) is 3. The smallest absolute Gasteiger partial charge is 0.222 e. The maximum Gasteiger partial charge on any atom is 0.222 e. The first-order valence-electron chi connectivity index (χ1n) is 7.23. The lowest BCUT2D eigenvalue weighted by Crippen LogP contribution is -2.35. The Morgan fingerprint density at radius 3 is 2.90 bits per heavy atom. The summed E-state index contributed by atoms with van der Waals surface area (Å²) in [6, 6.07) is 3.75. The molecule has 0 radical (unpaired) electrons. The molecule has 1 saturated carbocycles. The van der Waals surface area contributed by atoms with Gasteiger partial charge >= 0.3 is 0 Å². The Balaban J connectivity index is 1.85. The molecular weight excluding hydrogens is 268 g/mol. The molecule has 0 unspecified atom stereocenters. The summed E-state index contributed by atoms with van der Waals surface area (Å²) in [5.74, 6) is 1.56. The third kappa shape index (κ3) is 2.46. The summed E-state index contributed by atoms with van der Waals surface area (Å²) in [7, 11) is 1.62. The van der Waals surface area contributed by atoms with Crippen molar-refractivity contribution in [3.05, 3.63) is 24.2 Å². The Hall–Kier alpha value is -2.11. The molecule has 0 atom stereocenters. The average molecular weight is 288 g/mol. The standard InChI is InChI=1S/C15H20N4O2/c1-10(2)13(20)16-9-15(6-7-15)14-17-12-11(21-3)5-4-8-19(12)18-14/h4-5,8,10H,6-7,9H2,1-3H3,(H,16,20). The third-order valence-corrected chi connectivity index (χ3v) is 4.00. The van der Waals surface area contributed by atoms with Crippen LogP contribution in [0.3, 0.4) is 0 Å². The molecule has 0 saturated heterocycles. The van der Waals surface area contributed by atoms with Gasteiger partial charge in [-0.1, -0.05) is 13.8 Å². The van der Waals surface area contributed by atoms with Gasteiger partial charge in [0.2, 0.25) is 5.91 Å². The molecule has 1 aliphatic rings. The molecule has 1 fully saturated rings. The fourth-order valence-corrected chi connectivity index (χ4v) is 2.36. The molecule has 112 valence electrons. The van der Waals surface area contributed by atoms with Crippen LogP contribution in [0, 0.1) is 5.92 Å². The van der Waals surface area contributed by atoms with E-state index in [1.54, 1.807) is 11.6 Å². The van der Waals surface area contributed by atoms with Gasteiger partial charge in [-0.2, -0.15) is 5.10 Å². The minimum atomic E-state index is -0.110. The van der Waals surface area contributed by atoms with Crippen molar-refractivity contribution < 1.29 is 9.53 Å². The first kappa shape index (κ1) is 13.9. The number of pyridine rings is 1. The second kappa shape index (κ2) is 5.02. The van der Waals surface area contributed by atoms with Gasteiger partial charge in [-0.3, -0.25) is 4.79 Å². The number of fused-ring (bicyclic) bond motifs is 1. The Morgan fingerprint density at radius 2 is 2.29 bits per heavy atom. The summed E-state index contributed by atoms with van der Waals surface area (Å²) in [5, 5.41) is 7.55. The van der Waals surface area contributed by atoms with E-state index < -0.39 is 0 Å². The zero-order valence-electron chi connectivity index (χ0n) is 12.6. The summed E-state index contributed by atoms with van der Waals surface area (Å²) < 4.78 is 7.05. The van der Waals surface area contributed by atoms with Crippen LogP contribution in [-0.4, -0.2) is 34.2 Å². The third-order valence-electron chi connectivity index (χ3n) is 4.00. The number of carbonyl (C=O) groups is 1. The van der Waals surface area contributed by atoms with Crippen LogP contribution in [0.1, 0.15) is 32.5 Å². The number of amides is 1. The summed E-state index contributed by atoms with van der Waals surface area (Å²) in [4.78, 5) is 16.4. The molecule has 2 aromatic rings. The van der Waals surface area contributed by atoms with Crippen molar-refractivity contribution in [1.82, 2.24) is 19.9 Å². The summed E-state index contributed by atoms with van der Waals surface area (Å²) in [6.45, 7) is 4.38. The van der Waals surface area contributed by atoms with Crippen LogP contribution in [0.5, 0.6) is 5.75 Å². The average Bonchev–Trinajstić information content (AvgIpc) is 3.14. The van der Waals surface area contributed by atoms with Gasteiger partial charge in [-0.25, -0.2) is 9.50 Å². The first-order valence-corrected chi connectivity index (χ1v) is 7.23. The van der Waals surface area contributed by atoms with Crippen molar-refractivity contribution in [2.24, 2.45) is 5.92 Å². The molecule has 3 rings (SSSR count). The highest BCUT2D eigenvalue weighted by atomic mass is 16.5. The minimum Gasteiger partial charge on any atom is -0.493 e. The van der Waals surface area contributed by atoms with Gasteiger partial charge in [0.15, 0.2) is 17.2 Å². The molecule has 21 heavy (non-hydrogen) atoms. The number of nitrogens with one attached hydrogen (secondary N) is 1. The van der Waals surface area contributed by atoms with Gasteiger partial charge in [0.1, 0.15) is 0 Å². The van der Waals surface area contributed by atoms with E-state index in [0.717, 1.165) is 24.3 Å². The molecule has 0 bridgehead atoms. The molecule has 6 nitrogen and oxygen atoms in total. The predicted molar refractivity (Wildman–Crippen MR) is 78.3 cm³/mol. The van der Waals surface area contributed by atoms with Crippen molar-refractivity contribution in [2.75, 3.05) is 13.7 Å². The van der Waals surface area contributed by atoms with E-state index in [4.69, 9.17) is 4.74 Å². The van der Waals surface area contributed by atoms with Crippen LogP contribution in [0.2, 0.25) is 0 Å². The van der Waals surface area contributed by atoms with Crippen LogP contribution in [0.25, 0.3) is 5.65 Å². The Kier molecular flexibility index (Phi) is 3.31. The number of carbonyl (C=O) groups excluding carboxylic acids is 1. The van der Waals surface area contributed by atoms with Crippen molar-refractivity contribution in [1.29, 1.82) is 0 Å². The monoisotopic (exact) mass is 288 g/mol. The van der Waals surface area contributed by atoms with E-state index >= 15 is 0 Å². The molecule has 0 aromatic carbocycles. The summed E-state index contributed by atoms with van der Waals surface area (Å²) >= 11 is 0. The topological polar surface area (TPSA) is 68.5 Å². The van der Waals surface area contributed by atoms with Gasteiger partial charge in [-0.15, -0.1) is 0 Å². The van der Waals surface area contributed by atoms with E-state index in [2.05, 4.69) is 15.4 Å². The fourth-order valence-electron chi connectivity index (χ4n) is 2.36. The number of methoxy groups -OCH3 is 1. The number of hydrogen-bond donors (Lipinski definition) is 1. The molecule has 2 aromatic heterocycles. The molecule has 1 aliphatic carbocycles. The van der Waals surface area contributed by atoms with Crippen LogP contribution in [0.15, 0.2) is 18.3 Å². The molecule has 6 heteroatoms. The fraction of sp³-hybridized carbons (Fsp3) is 0.533. The highest BCUT2D eigenvalue weighted by Crippen LogP contribution is 2.46. The van der Waals surface area contributed by atoms with E-state index in [-0.39, 0.29) is 17.2 Å². The lowest BCUT2D eigenvalue weighted by Gasteiger charge is -2.13. The predicted octanol–water partition coefficient (Wildman–Crippen LogP) is 1.54. The molecule has 1 N–H and O–H groups in total. The van der Waals surface area contributed by atoms with Crippen molar-refractivity contribution in [3.8, 4) is 5.75 Å². The molecule has 0 spiro atoms. The number of hydrogen-bond acceptors (Lipinski definition) is 4. The van der Waals surface area contributed by atoms with Crippen molar-refractivity contribution in [2.45, 2.75) is 32.1 Å². The number of aromatic nitrogens is 3. The highest BCUT2D eigenvalue weighted by molar-refractivity contribution is 5.78. The summed E-state index contributed by atoms with van der Waals surface area (Å²) in [5.41, 5.74) is 0.609. The van der Waals surface area contributed by atoms with Gasteiger partial charge in [0.05, 0.1) is 7.11 Å². The lowest BCUT2D eigenvalue weighted by atomic mass is 10.1. The second-order valence-electron chi connectivity index (χ2n) is 5.93. The van der Waals surface area contributed by atoms with Crippen LogP contribution in [-0.2, 0) is 10.2 Å². The van der Waals surface area contributed by atoms with Gasteiger partial charge < -0.3 is 10.1 Å². The first-order chi connectivity index (χ1) is 10.1. The number of rotatable bonds is 5. The Bertz CT molecular complexity index is 673. The Morgan fingerprint density at radius 1 is 1.52 bits per heavy atom. The quantitative estimate of drug-likeness (QED) is 0.906. The molecule has 2 heterocycles. The zero-order valence-corrected chi connectivity index (χ0v) is 12.6. The zero-order chi connectivity index (χ0) is 15.0. The molecule has 1 amide bonds. The normalized spacial score (nSPS) is 16.2. The number of ether oxygens (including phenoxy) is 1. The van der Waals surface area contributed by atoms with Crippen LogP contribution >= 0.6 is 0 Å². The van der Waals surface area contributed by atoms with Crippen LogP contribution in [0.4, 0.5) is 0 Å². The lowest BCUT2D eigenvalue weighted by molar-refractivity contribution is -0.124. The van der Waals surface area contributed by atoms with Gasteiger partial charge in [0, 0.05) is 24.1 Å². The van der Waals surface area contributed by atoms with E-state index in [1.165, 1.54) is 0 Å².